The molecule has 3 rings (SSSR count). The van der Waals surface area contributed by atoms with Crippen molar-refractivity contribution < 1.29 is 19.5 Å². The van der Waals surface area contributed by atoms with Crippen LogP contribution in [0.25, 0.3) is 10.9 Å². The monoisotopic (exact) mass is 482 g/mol. The first-order valence-electron chi connectivity index (χ1n) is 11.1. The molecule has 2 aromatic carbocycles. The van der Waals surface area contributed by atoms with Gasteiger partial charge in [-0.1, -0.05) is 48.5 Å². The summed E-state index contributed by atoms with van der Waals surface area (Å²) in [7, 11) is 0. The molecule has 0 spiro atoms. The number of nitrogens with one attached hydrogen (secondary N) is 3. The number of nitrogens with two attached hydrogens (primary N) is 1. The highest BCUT2D eigenvalue weighted by molar-refractivity contribution is 7.98. The lowest BCUT2D eigenvalue weighted by Crippen LogP contribution is -2.55. The van der Waals surface area contributed by atoms with Crippen LogP contribution in [-0.4, -0.2) is 58.0 Å². The number of carboxylic acids is 1. The molecule has 3 aromatic rings. The number of carbonyl (C=O) groups is 3. The topological polar surface area (TPSA) is 137 Å². The van der Waals surface area contributed by atoms with Crippen LogP contribution >= 0.6 is 11.8 Å². The molecule has 9 heteroatoms. The summed E-state index contributed by atoms with van der Waals surface area (Å²) in [6.45, 7) is 0. The van der Waals surface area contributed by atoms with Gasteiger partial charge in [-0.2, -0.15) is 11.8 Å². The third kappa shape index (κ3) is 6.85. The van der Waals surface area contributed by atoms with Crippen molar-refractivity contribution in [2.45, 2.75) is 37.4 Å². The number of amides is 2. The number of aromatic nitrogens is 1. The molecule has 180 valence electrons. The van der Waals surface area contributed by atoms with Crippen LogP contribution in [0.3, 0.4) is 0 Å². The first kappa shape index (κ1) is 25.3. The second-order valence-corrected chi connectivity index (χ2v) is 9.09. The fourth-order valence-corrected chi connectivity index (χ4v) is 4.21. The molecule has 0 saturated heterocycles. The third-order valence-electron chi connectivity index (χ3n) is 5.59. The molecule has 8 nitrogen and oxygen atoms in total. The summed E-state index contributed by atoms with van der Waals surface area (Å²) in [5.74, 6) is -1.56. The predicted octanol–water partition coefficient (Wildman–Crippen LogP) is 2.09. The van der Waals surface area contributed by atoms with Gasteiger partial charge in [0.05, 0.1) is 6.04 Å². The average molecular weight is 483 g/mol. The molecule has 0 fully saturated rings. The van der Waals surface area contributed by atoms with Crippen LogP contribution in [0.5, 0.6) is 0 Å². The maximum absolute atomic E-state index is 13.2. The van der Waals surface area contributed by atoms with Gasteiger partial charge in [0.25, 0.3) is 0 Å². The molecule has 0 radical (unpaired) electrons. The molecule has 0 saturated carbocycles. The summed E-state index contributed by atoms with van der Waals surface area (Å²) in [5, 5.41) is 15.8. The van der Waals surface area contributed by atoms with Crippen LogP contribution in [-0.2, 0) is 27.2 Å². The molecular formula is C25H30N4O4S. The van der Waals surface area contributed by atoms with Crippen molar-refractivity contribution in [2.75, 3.05) is 12.0 Å². The second-order valence-electron chi connectivity index (χ2n) is 8.10. The first-order chi connectivity index (χ1) is 16.4. The van der Waals surface area contributed by atoms with Crippen molar-refractivity contribution in [3.8, 4) is 0 Å². The zero-order valence-electron chi connectivity index (χ0n) is 19.0. The molecule has 2 amide bonds. The van der Waals surface area contributed by atoms with Gasteiger partial charge in [-0.3, -0.25) is 9.59 Å². The van der Waals surface area contributed by atoms with Gasteiger partial charge in [-0.25, -0.2) is 4.79 Å². The van der Waals surface area contributed by atoms with E-state index in [-0.39, 0.29) is 12.8 Å². The number of carboxylic acid groups (broad SMARTS) is 1. The molecule has 0 unspecified atom stereocenters. The molecule has 0 bridgehead atoms. The number of carbonyl (C=O) groups excluding carboxylic acids is 2. The molecule has 1 aromatic heterocycles. The minimum absolute atomic E-state index is 0.189. The number of para-hydroxylation sites is 1. The zero-order valence-corrected chi connectivity index (χ0v) is 19.8. The van der Waals surface area contributed by atoms with Gasteiger partial charge in [0.2, 0.25) is 11.8 Å². The highest BCUT2D eigenvalue weighted by atomic mass is 32.2. The summed E-state index contributed by atoms with van der Waals surface area (Å²) < 4.78 is 0. The number of thioether (sulfide) groups is 1. The number of hydrogen-bond acceptors (Lipinski definition) is 5. The van der Waals surface area contributed by atoms with Crippen LogP contribution in [0.4, 0.5) is 0 Å². The molecule has 1 heterocycles. The molecule has 3 atom stereocenters. The lowest BCUT2D eigenvalue weighted by Gasteiger charge is -2.23. The smallest absolute Gasteiger partial charge is 0.326 e. The third-order valence-corrected chi connectivity index (χ3v) is 6.24. The number of aliphatic carboxylic acids is 1. The standard InChI is InChI=1S/C25H30N4O4S/c1-34-12-11-21(25(32)33)28-24(31)22(14-17-15-27-20-10-6-5-9-18(17)20)29-23(30)19(26)13-16-7-3-2-4-8-16/h2-10,15,19,21-22,27H,11-14,26H2,1H3,(H,28,31)(H,29,30)(H,32,33)/t19-,21-,22-/m0/s1. The maximum atomic E-state index is 13.2. The molecule has 0 aliphatic rings. The molecule has 6 N–H and O–H groups in total. The minimum atomic E-state index is -1.11. The van der Waals surface area contributed by atoms with E-state index in [1.807, 2.05) is 60.9 Å². The van der Waals surface area contributed by atoms with Gasteiger partial charge in [0, 0.05) is 23.5 Å². The van der Waals surface area contributed by atoms with E-state index in [0.717, 1.165) is 22.0 Å². The SMILES string of the molecule is CSCC[C@H](NC(=O)[C@H](Cc1c[nH]c2ccccc12)NC(=O)[C@@H](N)Cc1ccccc1)C(=O)O. The number of benzene rings is 2. The highest BCUT2D eigenvalue weighted by Crippen LogP contribution is 2.19. The van der Waals surface area contributed by atoms with Crippen LogP contribution in [0.2, 0.25) is 0 Å². The summed E-state index contributed by atoms with van der Waals surface area (Å²) in [6, 6.07) is 14.2. The van der Waals surface area contributed by atoms with Crippen LogP contribution in [0.15, 0.2) is 60.8 Å². The van der Waals surface area contributed by atoms with Crippen molar-refractivity contribution in [1.29, 1.82) is 0 Å². The molecule has 0 aliphatic carbocycles. The number of fused-ring (bicyclic) bond motifs is 1. The van der Waals surface area contributed by atoms with E-state index in [9.17, 15) is 19.5 Å². The second kappa shape index (κ2) is 12.2. The number of aromatic amines is 1. The largest absolute Gasteiger partial charge is 0.480 e. The van der Waals surface area contributed by atoms with Crippen molar-refractivity contribution in [3.05, 3.63) is 71.9 Å². The Labute approximate surface area is 202 Å². The Balaban J connectivity index is 1.78. The van der Waals surface area contributed by atoms with Gasteiger partial charge in [-0.05, 0) is 42.0 Å². The van der Waals surface area contributed by atoms with E-state index >= 15 is 0 Å². The number of hydrogen-bond donors (Lipinski definition) is 5. The molecule has 0 aliphatic heterocycles. The fraction of sp³-hybridized carbons (Fsp3) is 0.320. The summed E-state index contributed by atoms with van der Waals surface area (Å²) in [5.41, 5.74) is 8.78. The van der Waals surface area contributed by atoms with E-state index in [0.29, 0.717) is 12.2 Å². The summed E-state index contributed by atoms with van der Waals surface area (Å²) in [6.07, 6.45) is 4.45. The van der Waals surface area contributed by atoms with Gasteiger partial charge < -0.3 is 26.5 Å². The Morgan fingerprint density at radius 3 is 2.35 bits per heavy atom. The first-order valence-corrected chi connectivity index (χ1v) is 12.5. The van der Waals surface area contributed by atoms with Crippen molar-refractivity contribution in [3.63, 3.8) is 0 Å². The highest BCUT2D eigenvalue weighted by Gasteiger charge is 2.28. The lowest BCUT2D eigenvalue weighted by atomic mass is 10.0. The van der Waals surface area contributed by atoms with Gasteiger partial charge in [0.15, 0.2) is 0 Å². The van der Waals surface area contributed by atoms with E-state index in [1.54, 1.807) is 6.20 Å². The normalized spacial score (nSPS) is 13.7. The van der Waals surface area contributed by atoms with E-state index in [4.69, 9.17) is 5.73 Å². The molecule has 34 heavy (non-hydrogen) atoms. The van der Waals surface area contributed by atoms with Crippen molar-refractivity contribution >= 4 is 40.4 Å². The van der Waals surface area contributed by atoms with Gasteiger partial charge in [-0.15, -0.1) is 0 Å². The van der Waals surface area contributed by atoms with Crippen molar-refractivity contribution in [2.24, 2.45) is 5.73 Å². The Bertz CT molecular complexity index is 1120. The molecular weight excluding hydrogens is 452 g/mol. The van der Waals surface area contributed by atoms with E-state index in [1.165, 1.54) is 11.8 Å². The number of H-pyrrole nitrogens is 1. The minimum Gasteiger partial charge on any atom is -0.480 e. The van der Waals surface area contributed by atoms with E-state index in [2.05, 4.69) is 15.6 Å². The van der Waals surface area contributed by atoms with Crippen LogP contribution in [0.1, 0.15) is 17.5 Å². The Hall–Kier alpha value is -3.30. The zero-order chi connectivity index (χ0) is 24.5. The van der Waals surface area contributed by atoms with Crippen LogP contribution < -0.4 is 16.4 Å². The Kier molecular flexibility index (Phi) is 9.12. The Morgan fingerprint density at radius 1 is 0.971 bits per heavy atom. The summed E-state index contributed by atoms with van der Waals surface area (Å²) >= 11 is 1.50. The summed E-state index contributed by atoms with van der Waals surface area (Å²) in [4.78, 5) is 40.9. The maximum Gasteiger partial charge on any atom is 0.326 e. The van der Waals surface area contributed by atoms with Gasteiger partial charge in [0.1, 0.15) is 12.1 Å². The average Bonchev–Trinajstić information content (AvgIpc) is 3.24. The lowest BCUT2D eigenvalue weighted by molar-refractivity contribution is -0.142. The fourth-order valence-electron chi connectivity index (χ4n) is 3.73. The Morgan fingerprint density at radius 2 is 1.65 bits per heavy atom. The number of rotatable bonds is 12. The quantitative estimate of drug-likeness (QED) is 0.268. The predicted molar refractivity (Wildman–Crippen MR) is 135 cm³/mol. The van der Waals surface area contributed by atoms with Crippen molar-refractivity contribution in [1.82, 2.24) is 15.6 Å². The van der Waals surface area contributed by atoms with E-state index < -0.39 is 35.9 Å². The van der Waals surface area contributed by atoms with Gasteiger partial charge >= 0.3 is 5.97 Å². The van der Waals surface area contributed by atoms with Crippen LogP contribution in [0, 0.1) is 0 Å².